The van der Waals surface area contributed by atoms with Crippen molar-refractivity contribution in [1.29, 1.82) is 0 Å². The summed E-state index contributed by atoms with van der Waals surface area (Å²) in [5, 5.41) is 2.95. The van der Waals surface area contributed by atoms with Gasteiger partial charge in [0, 0.05) is 61.0 Å². The SMILES string of the molecule is CCN(CCCNC(=O)CCc1c(C)nc(-c2ccncc2)[nH]c1=O)c1ccccc1. The van der Waals surface area contributed by atoms with E-state index in [1.807, 2.05) is 18.2 Å². The summed E-state index contributed by atoms with van der Waals surface area (Å²) in [6, 6.07) is 13.8. The Morgan fingerprint density at radius 3 is 2.55 bits per heavy atom. The maximum atomic E-state index is 12.5. The fourth-order valence-corrected chi connectivity index (χ4v) is 3.48. The third-order valence-electron chi connectivity index (χ3n) is 5.21. The van der Waals surface area contributed by atoms with Crippen LogP contribution in [0.2, 0.25) is 0 Å². The molecule has 0 atom stereocenters. The third-order valence-corrected chi connectivity index (χ3v) is 5.21. The maximum absolute atomic E-state index is 12.5. The fourth-order valence-electron chi connectivity index (χ4n) is 3.48. The van der Waals surface area contributed by atoms with Gasteiger partial charge in [-0.1, -0.05) is 18.2 Å². The van der Waals surface area contributed by atoms with E-state index in [0.29, 0.717) is 30.0 Å². The molecule has 2 heterocycles. The van der Waals surface area contributed by atoms with Crippen molar-refractivity contribution in [3.63, 3.8) is 0 Å². The van der Waals surface area contributed by atoms with Gasteiger partial charge < -0.3 is 15.2 Å². The molecular weight excluding hydrogens is 390 g/mol. The molecule has 0 aliphatic heterocycles. The number of carbonyl (C=O) groups is 1. The van der Waals surface area contributed by atoms with Crippen molar-refractivity contribution in [2.75, 3.05) is 24.5 Å². The fraction of sp³-hybridized carbons (Fsp3) is 0.333. The average molecular weight is 420 g/mol. The van der Waals surface area contributed by atoms with Crippen LogP contribution in [0.3, 0.4) is 0 Å². The quantitative estimate of drug-likeness (QED) is 0.493. The number of aromatic amines is 1. The first-order valence-electron chi connectivity index (χ1n) is 10.7. The number of aryl methyl sites for hydroxylation is 1. The van der Waals surface area contributed by atoms with E-state index in [2.05, 4.69) is 44.2 Å². The molecule has 3 rings (SSSR count). The molecule has 2 N–H and O–H groups in total. The predicted octanol–water partition coefficient (Wildman–Crippen LogP) is 3.11. The van der Waals surface area contributed by atoms with Gasteiger partial charge in [0.15, 0.2) is 0 Å². The van der Waals surface area contributed by atoms with Crippen molar-refractivity contribution >= 4 is 11.6 Å². The summed E-state index contributed by atoms with van der Waals surface area (Å²) < 4.78 is 0. The molecule has 0 fully saturated rings. The first-order valence-corrected chi connectivity index (χ1v) is 10.7. The van der Waals surface area contributed by atoms with E-state index in [1.54, 1.807) is 31.5 Å². The zero-order chi connectivity index (χ0) is 22.1. The largest absolute Gasteiger partial charge is 0.372 e. The Balaban J connectivity index is 1.47. The molecule has 162 valence electrons. The number of amides is 1. The lowest BCUT2D eigenvalue weighted by Gasteiger charge is -2.23. The number of aromatic nitrogens is 3. The number of H-pyrrole nitrogens is 1. The summed E-state index contributed by atoms with van der Waals surface area (Å²) >= 11 is 0. The van der Waals surface area contributed by atoms with Gasteiger partial charge in [0.25, 0.3) is 5.56 Å². The van der Waals surface area contributed by atoms with Crippen molar-refractivity contribution in [3.05, 3.63) is 76.5 Å². The molecule has 3 aromatic rings. The van der Waals surface area contributed by atoms with Crippen molar-refractivity contribution in [1.82, 2.24) is 20.3 Å². The molecule has 1 amide bonds. The van der Waals surface area contributed by atoms with Gasteiger partial charge >= 0.3 is 0 Å². The molecule has 31 heavy (non-hydrogen) atoms. The van der Waals surface area contributed by atoms with E-state index in [0.717, 1.165) is 25.1 Å². The third kappa shape index (κ3) is 6.25. The Morgan fingerprint density at radius 1 is 1.13 bits per heavy atom. The van der Waals surface area contributed by atoms with Gasteiger partial charge in [-0.2, -0.15) is 0 Å². The van der Waals surface area contributed by atoms with Crippen LogP contribution in [0.4, 0.5) is 5.69 Å². The summed E-state index contributed by atoms with van der Waals surface area (Å²) in [4.78, 5) is 38.3. The van der Waals surface area contributed by atoms with Gasteiger partial charge in [0.05, 0.1) is 0 Å². The van der Waals surface area contributed by atoms with Crippen LogP contribution >= 0.6 is 0 Å². The predicted molar refractivity (Wildman–Crippen MR) is 123 cm³/mol. The monoisotopic (exact) mass is 419 g/mol. The van der Waals surface area contributed by atoms with E-state index in [-0.39, 0.29) is 17.9 Å². The zero-order valence-corrected chi connectivity index (χ0v) is 18.1. The molecule has 0 bridgehead atoms. The number of hydrogen-bond donors (Lipinski definition) is 2. The lowest BCUT2D eigenvalue weighted by molar-refractivity contribution is -0.121. The number of nitrogens with zero attached hydrogens (tertiary/aromatic N) is 3. The Kier molecular flexibility index (Phi) is 7.92. The summed E-state index contributed by atoms with van der Waals surface area (Å²) in [5.41, 5.74) is 2.98. The summed E-state index contributed by atoms with van der Waals surface area (Å²) in [6.07, 6.45) is 4.79. The van der Waals surface area contributed by atoms with Crippen LogP contribution < -0.4 is 15.8 Å². The molecule has 0 radical (unpaired) electrons. The molecule has 0 aliphatic carbocycles. The molecular formula is C24H29N5O2. The highest BCUT2D eigenvalue weighted by Gasteiger charge is 2.12. The van der Waals surface area contributed by atoms with Gasteiger partial charge in [0.1, 0.15) is 5.82 Å². The highest BCUT2D eigenvalue weighted by Crippen LogP contribution is 2.14. The molecule has 0 saturated carbocycles. The number of hydrogen-bond acceptors (Lipinski definition) is 5. The topological polar surface area (TPSA) is 91.0 Å². The lowest BCUT2D eigenvalue weighted by atomic mass is 10.1. The Labute approximate surface area is 182 Å². The van der Waals surface area contributed by atoms with Crippen LogP contribution in [0.1, 0.15) is 31.0 Å². The summed E-state index contributed by atoms with van der Waals surface area (Å²) in [5.74, 6) is 0.455. The number of para-hydroxylation sites is 1. The molecule has 0 unspecified atom stereocenters. The smallest absolute Gasteiger partial charge is 0.254 e. The number of carbonyl (C=O) groups excluding carboxylic acids is 1. The molecule has 2 aromatic heterocycles. The van der Waals surface area contributed by atoms with Crippen molar-refractivity contribution < 1.29 is 4.79 Å². The molecule has 7 nitrogen and oxygen atoms in total. The van der Waals surface area contributed by atoms with Gasteiger partial charge in [-0.15, -0.1) is 0 Å². The maximum Gasteiger partial charge on any atom is 0.254 e. The molecule has 1 aromatic carbocycles. The molecule has 0 saturated heterocycles. The van der Waals surface area contributed by atoms with Crippen LogP contribution in [0.25, 0.3) is 11.4 Å². The minimum absolute atomic E-state index is 0.0558. The number of benzene rings is 1. The van der Waals surface area contributed by atoms with Crippen LogP contribution in [0.15, 0.2) is 59.7 Å². The van der Waals surface area contributed by atoms with Crippen LogP contribution in [0.5, 0.6) is 0 Å². The molecule has 0 aliphatic rings. The van der Waals surface area contributed by atoms with Crippen LogP contribution in [0, 0.1) is 6.92 Å². The Bertz CT molecular complexity index is 1030. The zero-order valence-electron chi connectivity index (χ0n) is 18.1. The highest BCUT2D eigenvalue weighted by molar-refractivity contribution is 5.76. The molecule has 0 spiro atoms. The number of rotatable bonds is 10. The number of nitrogens with one attached hydrogen (secondary N) is 2. The number of pyridine rings is 1. The van der Waals surface area contributed by atoms with Crippen molar-refractivity contribution in [2.45, 2.75) is 33.1 Å². The number of anilines is 1. The second-order valence-electron chi connectivity index (χ2n) is 7.33. The first-order chi connectivity index (χ1) is 15.1. The minimum atomic E-state index is -0.200. The summed E-state index contributed by atoms with van der Waals surface area (Å²) in [6.45, 7) is 6.33. The average Bonchev–Trinajstić information content (AvgIpc) is 2.79. The van der Waals surface area contributed by atoms with E-state index in [9.17, 15) is 9.59 Å². The van der Waals surface area contributed by atoms with E-state index < -0.39 is 0 Å². The van der Waals surface area contributed by atoms with Crippen molar-refractivity contribution in [3.8, 4) is 11.4 Å². The lowest BCUT2D eigenvalue weighted by Crippen LogP contribution is -2.30. The minimum Gasteiger partial charge on any atom is -0.372 e. The highest BCUT2D eigenvalue weighted by atomic mass is 16.1. The van der Waals surface area contributed by atoms with Crippen molar-refractivity contribution in [2.24, 2.45) is 0 Å². The van der Waals surface area contributed by atoms with Gasteiger partial charge in [-0.05, 0) is 51.0 Å². The standard InChI is InChI=1S/C24H29N5O2/c1-3-29(20-8-5-4-6-9-20)17-7-14-26-22(30)11-10-21-18(2)27-23(28-24(21)31)19-12-15-25-16-13-19/h4-6,8-9,12-13,15-16H,3,7,10-11,14,17H2,1-2H3,(H,26,30)(H,27,28,31). The van der Waals surface area contributed by atoms with E-state index in [1.165, 1.54) is 5.69 Å². The first kappa shape index (κ1) is 22.2. The second-order valence-corrected chi connectivity index (χ2v) is 7.33. The summed E-state index contributed by atoms with van der Waals surface area (Å²) in [7, 11) is 0. The molecule has 7 heteroatoms. The van der Waals surface area contributed by atoms with Gasteiger partial charge in [-0.25, -0.2) is 4.98 Å². The van der Waals surface area contributed by atoms with Crippen LogP contribution in [-0.4, -0.2) is 40.5 Å². The van der Waals surface area contributed by atoms with E-state index in [4.69, 9.17) is 0 Å². The van der Waals surface area contributed by atoms with Gasteiger partial charge in [0.2, 0.25) is 5.91 Å². The Hall–Kier alpha value is -3.48. The van der Waals surface area contributed by atoms with Gasteiger partial charge in [-0.3, -0.25) is 14.6 Å². The Morgan fingerprint density at radius 2 is 1.87 bits per heavy atom. The van der Waals surface area contributed by atoms with Crippen LogP contribution in [-0.2, 0) is 11.2 Å². The van der Waals surface area contributed by atoms with E-state index >= 15 is 0 Å². The normalized spacial score (nSPS) is 10.6. The second kappa shape index (κ2) is 11.1.